The Morgan fingerprint density at radius 2 is 2.00 bits per heavy atom. The van der Waals surface area contributed by atoms with Gasteiger partial charge >= 0.3 is 0 Å². The number of rotatable bonds is 3. The van der Waals surface area contributed by atoms with E-state index in [9.17, 15) is 9.59 Å². The van der Waals surface area contributed by atoms with Gasteiger partial charge in [0.1, 0.15) is 5.82 Å². The van der Waals surface area contributed by atoms with Gasteiger partial charge in [-0.15, -0.1) is 0 Å². The van der Waals surface area contributed by atoms with Crippen molar-refractivity contribution < 1.29 is 9.59 Å². The van der Waals surface area contributed by atoms with Crippen LogP contribution in [0.1, 0.15) is 23.7 Å². The number of hydrogen-bond donors (Lipinski definition) is 2. The van der Waals surface area contributed by atoms with E-state index in [-0.39, 0.29) is 18.2 Å². The quantitative estimate of drug-likeness (QED) is 0.764. The van der Waals surface area contributed by atoms with Crippen molar-refractivity contribution in [3.8, 4) is 0 Å². The van der Waals surface area contributed by atoms with Crippen molar-refractivity contribution in [3.63, 3.8) is 0 Å². The van der Waals surface area contributed by atoms with Gasteiger partial charge in [0.25, 0.3) is 0 Å². The van der Waals surface area contributed by atoms with Crippen LogP contribution in [0.5, 0.6) is 0 Å². The predicted molar refractivity (Wildman–Crippen MR) is 99.7 cm³/mol. The van der Waals surface area contributed by atoms with Crippen molar-refractivity contribution in [1.82, 2.24) is 15.1 Å². The molecule has 2 N–H and O–H groups in total. The molecular weight excluding hydrogens is 328 g/mol. The van der Waals surface area contributed by atoms with Crippen LogP contribution in [0.15, 0.2) is 42.5 Å². The Morgan fingerprint density at radius 1 is 1.19 bits per heavy atom. The third kappa shape index (κ3) is 3.06. The number of amides is 2. The van der Waals surface area contributed by atoms with Gasteiger partial charge < -0.3 is 10.2 Å². The van der Waals surface area contributed by atoms with E-state index >= 15 is 0 Å². The standard InChI is InChI=1S/C20H20N4O2/c1-13(25)24-10-9-18-17(12-24)20(23-22-18)21-19(26)11-15-7-4-6-14-5-2-3-8-16(14)15/h2-8H,9-12H2,1H3,(H2,21,22,23,26). The third-order valence-corrected chi connectivity index (χ3v) is 4.86. The molecule has 26 heavy (non-hydrogen) atoms. The number of fused-ring (bicyclic) bond motifs is 2. The Balaban J connectivity index is 1.53. The first-order chi connectivity index (χ1) is 12.6. The van der Waals surface area contributed by atoms with E-state index in [1.165, 1.54) is 0 Å². The number of aromatic nitrogens is 2. The van der Waals surface area contributed by atoms with E-state index in [0.717, 1.165) is 27.6 Å². The molecule has 1 aromatic heterocycles. The number of H-pyrrole nitrogens is 1. The molecule has 0 atom stereocenters. The number of benzene rings is 2. The molecule has 2 heterocycles. The molecule has 0 bridgehead atoms. The molecule has 3 aromatic rings. The van der Waals surface area contributed by atoms with Crippen molar-refractivity contribution in [2.24, 2.45) is 0 Å². The Labute approximate surface area is 151 Å². The van der Waals surface area contributed by atoms with Crippen LogP contribution in [0.4, 0.5) is 5.82 Å². The molecule has 0 saturated carbocycles. The zero-order valence-corrected chi connectivity index (χ0v) is 14.6. The first kappa shape index (κ1) is 16.3. The molecule has 0 aliphatic carbocycles. The Kier molecular flexibility index (Phi) is 4.16. The van der Waals surface area contributed by atoms with Gasteiger partial charge in [-0.3, -0.25) is 14.7 Å². The molecule has 0 spiro atoms. The number of carbonyl (C=O) groups excluding carboxylic acids is 2. The highest BCUT2D eigenvalue weighted by Gasteiger charge is 2.24. The lowest BCUT2D eigenvalue weighted by Gasteiger charge is -2.25. The van der Waals surface area contributed by atoms with Gasteiger partial charge in [0.2, 0.25) is 11.8 Å². The maximum atomic E-state index is 12.6. The van der Waals surface area contributed by atoms with Gasteiger partial charge in [-0.2, -0.15) is 5.10 Å². The maximum absolute atomic E-state index is 12.6. The minimum atomic E-state index is -0.104. The van der Waals surface area contributed by atoms with Crippen LogP contribution in [0.2, 0.25) is 0 Å². The van der Waals surface area contributed by atoms with Crippen molar-refractivity contribution in [2.75, 3.05) is 11.9 Å². The van der Waals surface area contributed by atoms with Crippen molar-refractivity contribution in [2.45, 2.75) is 26.3 Å². The van der Waals surface area contributed by atoms with Crippen LogP contribution in [0, 0.1) is 0 Å². The largest absolute Gasteiger partial charge is 0.338 e. The molecular formula is C20H20N4O2. The van der Waals surface area contributed by atoms with Gasteiger partial charge in [0.05, 0.1) is 18.7 Å². The molecule has 4 rings (SSSR count). The van der Waals surface area contributed by atoms with Crippen molar-refractivity contribution >= 4 is 28.4 Å². The summed E-state index contributed by atoms with van der Waals surface area (Å²) in [4.78, 5) is 26.0. The topological polar surface area (TPSA) is 78.1 Å². The summed E-state index contributed by atoms with van der Waals surface area (Å²) in [6, 6.07) is 14.0. The van der Waals surface area contributed by atoms with Crippen LogP contribution in [0.3, 0.4) is 0 Å². The van der Waals surface area contributed by atoms with Crippen LogP contribution in [-0.4, -0.2) is 33.5 Å². The fraction of sp³-hybridized carbons (Fsp3) is 0.250. The molecule has 0 fully saturated rings. The molecule has 0 radical (unpaired) electrons. The lowest BCUT2D eigenvalue weighted by Crippen LogP contribution is -2.34. The molecule has 0 unspecified atom stereocenters. The fourth-order valence-electron chi connectivity index (χ4n) is 3.47. The predicted octanol–water partition coefficient (Wildman–Crippen LogP) is 2.65. The monoisotopic (exact) mass is 348 g/mol. The Hall–Kier alpha value is -3.15. The third-order valence-electron chi connectivity index (χ3n) is 4.86. The number of anilines is 1. The van der Waals surface area contributed by atoms with E-state index in [0.29, 0.717) is 25.3 Å². The highest BCUT2D eigenvalue weighted by Crippen LogP contribution is 2.24. The summed E-state index contributed by atoms with van der Waals surface area (Å²) >= 11 is 0. The number of aromatic amines is 1. The van der Waals surface area contributed by atoms with Crippen molar-refractivity contribution in [3.05, 3.63) is 59.3 Å². The van der Waals surface area contributed by atoms with Gasteiger partial charge in [0.15, 0.2) is 0 Å². The summed E-state index contributed by atoms with van der Waals surface area (Å²) in [5.74, 6) is 0.522. The zero-order valence-electron chi connectivity index (χ0n) is 14.6. The molecule has 0 saturated heterocycles. The second-order valence-electron chi connectivity index (χ2n) is 6.58. The summed E-state index contributed by atoms with van der Waals surface area (Å²) in [6.45, 7) is 2.70. The minimum absolute atomic E-state index is 0.0323. The normalized spacial score (nSPS) is 13.5. The molecule has 1 aliphatic rings. The molecule has 1 aliphatic heterocycles. The van der Waals surface area contributed by atoms with Crippen LogP contribution in [-0.2, 0) is 29.0 Å². The van der Waals surface area contributed by atoms with Crippen LogP contribution in [0.25, 0.3) is 10.8 Å². The number of nitrogens with one attached hydrogen (secondary N) is 2. The summed E-state index contributed by atoms with van der Waals surface area (Å²) in [7, 11) is 0. The lowest BCUT2D eigenvalue weighted by atomic mass is 10.0. The average molecular weight is 348 g/mol. The molecule has 6 nitrogen and oxygen atoms in total. The van der Waals surface area contributed by atoms with E-state index in [1.54, 1.807) is 11.8 Å². The van der Waals surface area contributed by atoms with Crippen LogP contribution >= 0.6 is 0 Å². The second kappa shape index (κ2) is 6.63. The number of nitrogens with zero attached hydrogens (tertiary/aromatic N) is 2. The molecule has 2 amide bonds. The highest BCUT2D eigenvalue weighted by atomic mass is 16.2. The number of carbonyl (C=O) groups is 2. The molecule has 2 aromatic carbocycles. The second-order valence-corrected chi connectivity index (χ2v) is 6.58. The Bertz CT molecular complexity index is 987. The van der Waals surface area contributed by atoms with Gasteiger partial charge in [-0.25, -0.2) is 0 Å². The first-order valence-electron chi connectivity index (χ1n) is 8.70. The van der Waals surface area contributed by atoms with E-state index < -0.39 is 0 Å². The van der Waals surface area contributed by atoms with Crippen molar-refractivity contribution in [1.29, 1.82) is 0 Å². The minimum Gasteiger partial charge on any atom is -0.338 e. The van der Waals surface area contributed by atoms with Crippen LogP contribution < -0.4 is 5.32 Å². The summed E-state index contributed by atoms with van der Waals surface area (Å²) in [5.41, 5.74) is 2.81. The number of hydrogen-bond acceptors (Lipinski definition) is 3. The van der Waals surface area contributed by atoms with Gasteiger partial charge in [0, 0.05) is 25.5 Å². The van der Waals surface area contributed by atoms with Gasteiger partial charge in [-0.1, -0.05) is 42.5 Å². The van der Waals surface area contributed by atoms with E-state index in [2.05, 4.69) is 15.5 Å². The summed E-state index contributed by atoms with van der Waals surface area (Å²) in [6.07, 6.45) is 0.982. The highest BCUT2D eigenvalue weighted by molar-refractivity contribution is 5.96. The van der Waals surface area contributed by atoms with E-state index in [4.69, 9.17) is 0 Å². The maximum Gasteiger partial charge on any atom is 0.229 e. The molecule has 6 heteroatoms. The molecule has 132 valence electrons. The lowest BCUT2D eigenvalue weighted by molar-refractivity contribution is -0.129. The SMILES string of the molecule is CC(=O)N1CCc2n[nH]c(NC(=O)Cc3cccc4ccccc34)c2C1. The summed E-state index contributed by atoms with van der Waals surface area (Å²) in [5, 5.41) is 12.3. The van der Waals surface area contributed by atoms with E-state index in [1.807, 2.05) is 42.5 Å². The zero-order chi connectivity index (χ0) is 18.1. The average Bonchev–Trinajstić information content (AvgIpc) is 3.04. The first-order valence-corrected chi connectivity index (χ1v) is 8.70. The Morgan fingerprint density at radius 3 is 2.85 bits per heavy atom. The smallest absolute Gasteiger partial charge is 0.229 e. The fourth-order valence-corrected chi connectivity index (χ4v) is 3.47. The summed E-state index contributed by atoms with van der Waals surface area (Å²) < 4.78 is 0. The van der Waals surface area contributed by atoms with Gasteiger partial charge in [-0.05, 0) is 16.3 Å².